The summed E-state index contributed by atoms with van der Waals surface area (Å²) in [6.07, 6.45) is 2.90. The number of ketones is 1. The smallest absolute Gasteiger partial charge is 0.261 e. The number of hydrogen-bond donors (Lipinski definition) is 0. The molecule has 10 heteroatoms. The van der Waals surface area contributed by atoms with Crippen molar-refractivity contribution in [1.29, 1.82) is 0 Å². The Bertz CT molecular complexity index is 1540. The Labute approximate surface area is 258 Å². The summed E-state index contributed by atoms with van der Waals surface area (Å²) in [5, 5.41) is 1.74. The average Bonchev–Trinajstić information content (AvgIpc) is 3.40. The summed E-state index contributed by atoms with van der Waals surface area (Å²) in [6, 6.07) is 20.5. The number of imidazole rings is 1. The van der Waals surface area contributed by atoms with Gasteiger partial charge in [-0.05, 0) is 29.3 Å². The Morgan fingerprint density at radius 1 is 1.05 bits per heavy atom. The predicted octanol–water partition coefficient (Wildman–Crippen LogP) is 5.53. The van der Waals surface area contributed by atoms with Crippen molar-refractivity contribution in [3.63, 3.8) is 0 Å². The van der Waals surface area contributed by atoms with Crippen molar-refractivity contribution in [3.8, 4) is 0 Å². The first-order valence-electron chi connectivity index (χ1n) is 14.5. The molecule has 1 fully saturated rings. The highest BCUT2D eigenvalue weighted by Gasteiger charge is 2.50. The van der Waals surface area contributed by atoms with Crippen molar-refractivity contribution in [2.45, 2.75) is 58.5 Å². The molecule has 3 heterocycles. The van der Waals surface area contributed by atoms with E-state index in [9.17, 15) is 4.79 Å². The number of nitrogens with zero attached hydrogens (tertiary/aromatic N) is 4. The maximum atomic E-state index is 16.0. The number of ether oxygens (including phenoxy) is 1. The van der Waals surface area contributed by atoms with E-state index in [0.717, 1.165) is 10.4 Å². The van der Waals surface area contributed by atoms with Crippen molar-refractivity contribution in [1.82, 2.24) is 14.5 Å². The molecule has 2 aromatic carbocycles. The van der Waals surface area contributed by atoms with Crippen LogP contribution in [0.15, 0.2) is 73.1 Å². The molecule has 1 aliphatic rings. The Kier molecular flexibility index (Phi) is 8.90. The maximum Gasteiger partial charge on any atom is 0.261 e. The van der Waals surface area contributed by atoms with Crippen LogP contribution >= 0.6 is 11.6 Å². The Morgan fingerprint density at radius 2 is 1.60 bits per heavy atom. The van der Waals surface area contributed by atoms with E-state index < -0.39 is 19.9 Å². The lowest BCUT2D eigenvalue weighted by Gasteiger charge is -2.43. The van der Waals surface area contributed by atoms with Gasteiger partial charge in [-0.1, -0.05) is 93.0 Å². The number of morpholine rings is 1. The van der Waals surface area contributed by atoms with Gasteiger partial charge in [0.15, 0.2) is 17.3 Å². The second kappa shape index (κ2) is 12.3. The van der Waals surface area contributed by atoms with Crippen molar-refractivity contribution in [3.05, 3.63) is 101 Å². The minimum Gasteiger partial charge on any atom is -0.401 e. The molecular weight excluding hydrogens is 583 g/mol. The molecule has 2 atom stereocenters. The van der Waals surface area contributed by atoms with Crippen LogP contribution in [-0.4, -0.2) is 53.9 Å². The quantitative estimate of drug-likeness (QED) is 0.191. The van der Waals surface area contributed by atoms with E-state index in [0.29, 0.717) is 24.5 Å². The van der Waals surface area contributed by atoms with Gasteiger partial charge in [0.25, 0.3) is 8.32 Å². The van der Waals surface area contributed by atoms with E-state index in [1.807, 2.05) is 55.1 Å². The molecule has 1 saturated heterocycles. The molecule has 0 radical (unpaired) electrons. The molecule has 2 aromatic heterocycles. The highest BCUT2D eigenvalue weighted by Crippen LogP contribution is 2.40. The second-order valence-electron chi connectivity index (χ2n) is 12.2. The first-order valence-corrected chi connectivity index (χ1v) is 16.8. The number of rotatable bonds is 8. The summed E-state index contributed by atoms with van der Waals surface area (Å²) < 4.78 is 30.7. The van der Waals surface area contributed by atoms with Gasteiger partial charge in [0.2, 0.25) is 5.78 Å². The molecular formula is C33H38ClFN4O3Si. The number of carbonyl (C=O) groups is 1. The molecule has 0 spiro atoms. The summed E-state index contributed by atoms with van der Waals surface area (Å²) in [5.41, 5.74) is 0.451. The van der Waals surface area contributed by atoms with Crippen LogP contribution in [0.4, 0.5) is 10.1 Å². The molecule has 5 rings (SSSR count). The first-order chi connectivity index (χ1) is 20.4. The number of benzene rings is 2. The summed E-state index contributed by atoms with van der Waals surface area (Å²) in [4.78, 5) is 24.3. The minimum atomic E-state index is -2.99. The van der Waals surface area contributed by atoms with Gasteiger partial charge in [-0.15, -0.1) is 0 Å². The Hall–Kier alpha value is -3.37. The molecule has 0 saturated carbocycles. The van der Waals surface area contributed by atoms with Crippen LogP contribution in [0.1, 0.15) is 56.6 Å². The van der Waals surface area contributed by atoms with Crippen molar-refractivity contribution in [2.75, 3.05) is 18.0 Å². The SMILES string of the molecule is C[C@@H]1CN(c2c(CO[Si](c3ccccc3)(c3ccccc3)C(C)(C)C)nc(C(=O)c3nccn3C)c(F)c2Cl)C[C@H](C)O1. The van der Waals surface area contributed by atoms with Crippen LogP contribution in [0.2, 0.25) is 10.1 Å². The molecule has 1 aliphatic heterocycles. The van der Waals surface area contributed by atoms with Crippen LogP contribution in [0.25, 0.3) is 0 Å². The maximum absolute atomic E-state index is 16.0. The number of pyridine rings is 1. The number of hydrogen-bond acceptors (Lipinski definition) is 6. The fraction of sp³-hybridized carbons (Fsp3) is 0.364. The first kappa shape index (κ1) is 31.1. The van der Waals surface area contributed by atoms with Crippen LogP contribution in [0, 0.1) is 5.82 Å². The lowest BCUT2D eigenvalue weighted by molar-refractivity contribution is -0.00535. The van der Waals surface area contributed by atoms with E-state index >= 15 is 4.39 Å². The lowest BCUT2D eigenvalue weighted by atomic mass is 10.1. The van der Waals surface area contributed by atoms with Gasteiger partial charge in [-0.25, -0.2) is 14.4 Å². The third-order valence-corrected chi connectivity index (χ3v) is 13.3. The largest absolute Gasteiger partial charge is 0.401 e. The van der Waals surface area contributed by atoms with Crippen LogP contribution in [0.5, 0.6) is 0 Å². The third kappa shape index (κ3) is 5.91. The van der Waals surface area contributed by atoms with Gasteiger partial charge >= 0.3 is 0 Å². The van der Waals surface area contributed by atoms with Crippen molar-refractivity contribution >= 4 is 41.8 Å². The molecule has 0 N–H and O–H groups in total. The summed E-state index contributed by atoms with van der Waals surface area (Å²) in [6.45, 7) is 11.5. The predicted molar refractivity (Wildman–Crippen MR) is 170 cm³/mol. The number of aryl methyl sites for hydroxylation is 1. The van der Waals surface area contributed by atoms with Crippen molar-refractivity contribution in [2.24, 2.45) is 7.05 Å². The van der Waals surface area contributed by atoms with E-state index in [2.05, 4.69) is 55.0 Å². The molecule has 0 aliphatic carbocycles. The highest BCUT2D eigenvalue weighted by molar-refractivity contribution is 6.99. The molecule has 7 nitrogen and oxygen atoms in total. The van der Waals surface area contributed by atoms with Crippen LogP contribution in [-0.2, 0) is 22.8 Å². The third-order valence-electron chi connectivity index (χ3n) is 7.95. The normalized spacial score (nSPS) is 17.7. The standard InChI is InChI=1S/C33H38ClFN4O3Si/c1-22-19-39(20-23(2)42-22)30-26(37-29(28(35)27(30)34)31(40)32-36-17-18-38(32)6)21-41-43(33(3,4)5,24-13-9-7-10-14-24)25-15-11-8-12-16-25/h7-18,22-23H,19-21H2,1-6H3/t22-,23+. The fourth-order valence-electron chi connectivity index (χ4n) is 6.13. The van der Waals surface area contributed by atoms with Crippen molar-refractivity contribution < 1.29 is 18.3 Å². The molecule has 43 heavy (non-hydrogen) atoms. The van der Waals surface area contributed by atoms with Crippen LogP contribution in [0.3, 0.4) is 0 Å². The molecule has 0 bridgehead atoms. The molecule has 4 aromatic rings. The Balaban J connectivity index is 1.68. The zero-order chi connectivity index (χ0) is 30.9. The molecule has 226 valence electrons. The van der Waals surface area contributed by atoms with E-state index in [4.69, 9.17) is 20.8 Å². The number of anilines is 1. The van der Waals surface area contributed by atoms with E-state index in [1.165, 1.54) is 10.8 Å². The lowest BCUT2D eigenvalue weighted by Crippen LogP contribution is -2.66. The van der Waals surface area contributed by atoms with E-state index in [-0.39, 0.29) is 40.4 Å². The zero-order valence-corrected chi connectivity index (χ0v) is 27.2. The van der Waals surface area contributed by atoms with Gasteiger partial charge in [0.1, 0.15) is 5.02 Å². The zero-order valence-electron chi connectivity index (χ0n) is 25.5. The summed E-state index contributed by atoms with van der Waals surface area (Å²) in [5.74, 6) is -1.44. The van der Waals surface area contributed by atoms with Gasteiger partial charge in [0.05, 0.1) is 30.2 Å². The van der Waals surface area contributed by atoms with Gasteiger partial charge in [-0.2, -0.15) is 0 Å². The number of carbonyl (C=O) groups excluding carboxylic acids is 1. The van der Waals surface area contributed by atoms with Gasteiger partial charge in [0, 0.05) is 32.5 Å². The topological polar surface area (TPSA) is 69.5 Å². The van der Waals surface area contributed by atoms with Crippen LogP contribution < -0.4 is 15.3 Å². The average molecular weight is 621 g/mol. The molecule has 0 unspecified atom stereocenters. The fourth-order valence-corrected chi connectivity index (χ4v) is 11.0. The Morgan fingerprint density at radius 3 is 2.09 bits per heavy atom. The summed E-state index contributed by atoms with van der Waals surface area (Å²) >= 11 is 6.83. The monoisotopic (exact) mass is 620 g/mol. The van der Waals surface area contributed by atoms with Gasteiger partial charge < -0.3 is 18.6 Å². The highest BCUT2D eigenvalue weighted by atomic mass is 35.5. The van der Waals surface area contributed by atoms with Gasteiger partial charge in [-0.3, -0.25) is 4.79 Å². The number of halogens is 2. The second-order valence-corrected chi connectivity index (χ2v) is 16.9. The number of aromatic nitrogens is 3. The molecule has 0 amide bonds. The van der Waals surface area contributed by atoms with E-state index in [1.54, 1.807) is 13.2 Å². The summed E-state index contributed by atoms with van der Waals surface area (Å²) in [7, 11) is -1.31. The minimum absolute atomic E-state index is 0.0174.